The lowest BCUT2D eigenvalue weighted by Gasteiger charge is -2.03. The average Bonchev–Trinajstić information content (AvgIpc) is 3.05. The molecule has 4 heteroatoms. The summed E-state index contributed by atoms with van der Waals surface area (Å²) in [4.78, 5) is 15.0. The second-order valence-corrected chi connectivity index (χ2v) is 4.04. The minimum Gasteiger partial charge on any atom is -0.467 e. The molecular weight excluding hydrogens is 228 g/mol. The molecule has 18 heavy (non-hydrogen) atoms. The molecule has 0 unspecified atom stereocenters. The Labute approximate surface area is 104 Å². The highest BCUT2D eigenvalue weighted by molar-refractivity contribution is 5.97. The number of carbonyl (C=O) groups excluding carboxylic acids is 1. The zero-order chi connectivity index (χ0) is 12.4. The van der Waals surface area contributed by atoms with Crippen molar-refractivity contribution in [3.63, 3.8) is 0 Å². The molecule has 2 heterocycles. The predicted octanol–water partition coefficient (Wildman–Crippen LogP) is 2.69. The lowest BCUT2D eigenvalue weighted by Crippen LogP contribution is -2.22. The Balaban J connectivity index is 1.75. The van der Waals surface area contributed by atoms with Crippen molar-refractivity contribution in [2.45, 2.75) is 6.54 Å². The molecule has 0 bridgehead atoms. The third-order valence-electron chi connectivity index (χ3n) is 2.82. The maximum absolute atomic E-state index is 11.9. The van der Waals surface area contributed by atoms with Crippen LogP contribution in [0.25, 0.3) is 10.9 Å². The molecule has 1 amide bonds. The van der Waals surface area contributed by atoms with Gasteiger partial charge in [0.25, 0.3) is 5.91 Å². The topological polar surface area (TPSA) is 58.0 Å². The standard InChI is InChI=1S/C14H12N2O2/c17-14(16-9-12-2-1-7-18-12)11-4-3-10-5-6-15-13(10)8-11/h1-8,15H,9H2,(H,16,17). The number of aromatic amines is 1. The molecule has 0 aliphatic carbocycles. The van der Waals surface area contributed by atoms with Crippen LogP contribution in [-0.2, 0) is 6.54 Å². The van der Waals surface area contributed by atoms with E-state index in [1.807, 2.05) is 36.5 Å². The Morgan fingerprint density at radius 1 is 1.28 bits per heavy atom. The summed E-state index contributed by atoms with van der Waals surface area (Å²) in [5.41, 5.74) is 1.59. The van der Waals surface area contributed by atoms with Crippen LogP contribution in [0, 0.1) is 0 Å². The molecule has 0 spiro atoms. The Hall–Kier alpha value is -2.49. The van der Waals surface area contributed by atoms with Gasteiger partial charge >= 0.3 is 0 Å². The zero-order valence-corrected chi connectivity index (χ0v) is 9.64. The number of rotatable bonds is 3. The fraction of sp³-hybridized carbons (Fsp3) is 0.0714. The average molecular weight is 240 g/mol. The van der Waals surface area contributed by atoms with E-state index in [1.165, 1.54) is 0 Å². The van der Waals surface area contributed by atoms with Crippen LogP contribution >= 0.6 is 0 Å². The molecule has 90 valence electrons. The van der Waals surface area contributed by atoms with Gasteiger partial charge in [-0.1, -0.05) is 6.07 Å². The summed E-state index contributed by atoms with van der Waals surface area (Å²) < 4.78 is 5.16. The van der Waals surface area contributed by atoms with Crippen molar-refractivity contribution >= 4 is 16.8 Å². The SMILES string of the molecule is O=C(NCc1ccco1)c1ccc2cc[nH]c2c1. The van der Waals surface area contributed by atoms with Crippen LogP contribution in [0.15, 0.2) is 53.3 Å². The van der Waals surface area contributed by atoms with E-state index in [9.17, 15) is 4.79 Å². The first-order chi connectivity index (χ1) is 8.83. The highest BCUT2D eigenvalue weighted by Gasteiger charge is 2.07. The Morgan fingerprint density at radius 2 is 2.22 bits per heavy atom. The minimum atomic E-state index is -0.108. The molecule has 0 radical (unpaired) electrons. The minimum absolute atomic E-state index is 0.108. The van der Waals surface area contributed by atoms with E-state index < -0.39 is 0 Å². The summed E-state index contributed by atoms with van der Waals surface area (Å²) in [6.45, 7) is 0.397. The number of hydrogen-bond donors (Lipinski definition) is 2. The largest absolute Gasteiger partial charge is 0.467 e. The van der Waals surface area contributed by atoms with Crippen molar-refractivity contribution in [3.8, 4) is 0 Å². The third-order valence-corrected chi connectivity index (χ3v) is 2.82. The van der Waals surface area contributed by atoms with E-state index in [4.69, 9.17) is 4.42 Å². The summed E-state index contributed by atoms with van der Waals surface area (Å²) in [7, 11) is 0. The van der Waals surface area contributed by atoms with Gasteiger partial charge in [0, 0.05) is 17.3 Å². The number of fused-ring (bicyclic) bond motifs is 1. The predicted molar refractivity (Wildman–Crippen MR) is 68.2 cm³/mol. The van der Waals surface area contributed by atoms with Crippen LogP contribution in [0.3, 0.4) is 0 Å². The summed E-state index contributed by atoms with van der Waals surface area (Å²) in [6, 6.07) is 11.2. The van der Waals surface area contributed by atoms with Crippen molar-refractivity contribution in [3.05, 3.63) is 60.2 Å². The summed E-state index contributed by atoms with van der Waals surface area (Å²) in [5.74, 6) is 0.632. The first-order valence-corrected chi connectivity index (χ1v) is 5.71. The summed E-state index contributed by atoms with van der Waals surface area (Å²) >= 11 is 0. The zero-order valence-electron chi connectivity index (χ0n) is 9.64. The molecule has 0 aliphatic heterocycles. The number of aromatic nitrogens is 1. The smallest absolute Gasteiger partial charge is 0.251 e. The van der Waals surface area contributed by atoms with Crippen LogP contribution in [0.4, 0.5) is 0 Å². The molecule has 0 saturated heterocycles. The van der Waals surface area contributed by atoms with Gasteiger partial charge < -0.3 is 14.7 Å². The van der Waals surface area contributed by atoms with E-state index in [-0.39, 0.29) is 5.91 Å². The molecule has 4 nitrogen and oxygen atoms in total. The highest BCUT2D eigenvalue weighted by atomic mass is 16.3. The van der Waals surface area contributed by atoms with Gasteiger partial charge in [0.15, 0.2) is 0 Å². The normalized spacial score (nSPS) is 10.7. The molecule has 3 aromatic rings. The molecule has 0 fully saturated rings. The Bertz CT molecular complexity index is 668. The number of benzene rings is 1. The third kappa shape index (κ3) is 2.00. The number of carbonyl (C=O) groups is 1. The van der Waals surface area contributed by atoms with E-state index in [0.29, 0.717) is 12.1 Å². The van der Waals surface area contributed by atoms with Gasteiger partial charge in [-0.15, -0.1) is 0 Å². The second kappa shape index (κ2) is 4.41. The summed E-state index contributed by atoms with van der Waals surface area (Å²) in [6.07, 6.45) is 3.45. The van der Waals surface area contributed by atoms with Gasteiger partial charge in [-0.2, -0.15) is 0 Å². The fourth-order valence-corrected chi connectivity index (χ4v) is 1.87. The van der Waals surface area contributed by atoms with Gasteiger partial charge in [0.05, 0.1) is 12.8 Å². The van der Waals surface area contributed by atoms with Crippen molar-refractivity contribution in [2.75, 3.05) is 0 Å². The maximum atomic E-state index is 11.9. The quantitative estimate of drug-likeness (QED) is 0.739. The van der Waals surface area contributed by atoms with Crippen LogP contribution in [0.5, 0.6) is 0 Å². The van der Waals surface area contributed by atoms with Crippen LogP contribution < -0.4 is 5.32 Å². The van der Waals surface area contributed by atoms with Crippen molar-refractivity contribution in [1.82, 2.24) is 10.3 Å². The van der Waals surface area contributed by atoms with Crippen molar-refractivity contribution in [2.24, 2.45) is 0 Å². The highest BCUT2D eigenvalue weighted by Crippen LogP contribution is 2.14. The molecule has 3 rings (SSSR count). The Kier molecular flexibility index (Phi) is 2.61. The lowest BCUT2D eigenvalue weighted by molar-refractivity contribution is 0.0948. The number of furan rings is 1. The van der Waals surface area contributed by atoms with Gasteiger partial charge in [0.2, 0.25) is 0 Å². The first-order valence-electron chi connectivity index (χ1n) is 5.71. The summed E-state index contributed by atoms with van der Waals surface area (Å²) in [5, 5.41) is 3.91. The number of amides is 1. The van der Waals surface area contributed by atoms with Gasteiger partial charge in [0.1, 0.15) is 5.76 Å². The van der Waals surface area contributed by atoms with Crippen LogP contribution in [0.2, 0.25) is 0 Å². The van der Waals surface area contributed by atoms with E-state index in [0.717, 1.165) is 16.7 Å². The molecular formula is C14H12N2O2. The van der Waals surface area contributed by atoms with Crippen LogP contribution in [-0.4, -0.2) is 10.9 Å². The van der Waals surface area contributed by atoms with E-state index >= 15 is 0 Å². The number of hydrogen-bond acceptors (Lipinski definition) is 2. The number of nitrogens with one attached hydrogen (secondary N) is 2. The molecule has 0 atom stereocenters. The van der Waals surface area contributed by atoms with E-state index in [1.54, 1.807) is 12.3 Å². The Morgan fingerprint density at radius 3 is 3.06 bits per heavy atom. The fourth-order valence-electron chi connectivity index (χ4n) is 1.87. The molecule has 0 aliphatic rings. The second-order valence-electron chi connectivity index (χ2n) is 4.04. The molecule has 2 N–H and O–H groups in total. The first kappa shape index (κ1) is 10.7. The maximum Gasteiger partial charge on any atom is 0.251 e. The van der Waals surface area contributed by atoms with Gasteiger partial charge in [-0.25, -0.2) is 0 Å². The van der Waals surface area contributed by atoms with Gasteiger partial charge in [-0.3, -0.25) is 4.79 Å². The van der Waals surface area contributed by atoms with E-state index in [2.05, 4.69) is 10.3 Å². The molecule has 0 saturated carbocycles. The number of H-pyrrole nitrogens is 1. The van der Waals surface area contributed by atoms with Crippen LogP contribution in [0.1, 0.15) is 16.1 Å². The molecule has 2 aromatic heterocycles. The monoisotopic (exact) mass is 240 g/mol. The van der Waals surface area contributed by atoms with Crippen molar-refractivity contribution < 1.29 is 9.21 Å². The lowest BCUT2D eigenvalue weighted by atomic mass is 10.1. The van der Waals surface area contributed by atoms with Crippen molar-refractivity contribution in [1.29, 1.82) is 0 Å². The molecule has 1 aromatic carbocycles. The van der Waals surface area contributed by atoms with Gasteiger partial charge in [-0.05, 0) is 35.7 Å².